The minimum Gasteiger partial charge on any atom is -0.494 e. The zero-order valence-electron chi connectivity index (χ0n) is 22.0. The number of ether oxygens (including phenoxy) is 1. The van der Waals surface area contributed by atoms with Crippen LogP contribution in [0.4, 0.5) is 5.82 Å². The third-order valence-corrected chi connectivity index (χ3v) is 9.31. The fourth-order valence-corrected chi connectivity index (χ4v) is 6.92. The minimum absolute atomic E-state index is 0.00171. The summed E-state index contributed by atoms with van der Waals surface area (Å²) in [6.45, 7) is 5.24. The van der Waals surface area contributed by atoms with Crippen molar-refractivity contribution in [2.24, 2.45) is 5.92 Å². The van der Waals surface area contributed by atoms with Gasteiger partial charge in [0.1, 0.15) is 16.4 Å². The number of fused-ring (bicyclic) bond motifs is 1. The molecule has 0 aliphatic heterocycles. The van der Waals surface area contributed by atoms with Crippen LogP contribution < -0.4 is 10.5 Å². The van der Waals surface area contributed by atoms with Gasteiger partial charge in [-0.2, -0.15) is 0 Å². The number of nitrogen functional groups attached to an aromatic ring is 1. The van der Waals surface area contributed by atoms with E-state index in [1.54, 1.807) is 12.3 Å². The highest BCUT2D eigenvalue weighted by Crippen LogP contribution is 2.39. The lowest BCUT2D eigenvalue weighted by molar-refractivity contribution is 0.0590. The number of halogens is 1. The highest BCUT2D eigenvalue weighted by molar-refractivity contribution is 7.21. The first kappa shape index (κ1) is 26.5. The molecule has 38 heavy (non-hydrogen) atoms. The summed E-state index contributed by atoms with van der Waals surface area (Å²) in [5, 5.41) is 1.49. The van der Waals surface area contributed by atoms with Crippen molar-refractivity contribution in [3.8, 4) is 16.9 Å². The number of nitrogens with zero attached hydrogens (tertiary/aromatic N) is 2. The van der Waals surface area contributed by atoms with Crippen LogP contribution in [0.2, 0.25) is 5.02 Å². The molecule has 5 rings (SSSR count). The molecule has 0 bridgehead atoms. The zero-order valence-corrected chi connectivity index (χ0v) is 23.5. The first-order valence-corrected chi connectivity index (χ1v) is 14.6. The molecule has 1 fully saturated rings. The zero-order chi connectivity index (χ0) is 26.6. The number of nitrogens with two attached hydrogens (primary N) is 1. The van der Waals surface area contributed by atoms with Crippen LogP contribution in [-0.4, -0.2) is 28.4 Å². The normalized spacial score (nSPS) is 17.4. The Hall–Kier alpha value is -3.09. The average Bonchev–Trinajstić information content (AvgIpc) is 3.29. The highest BCUT2D eigenvalue weighted by atomic mass is 35.5. The predicted molar refractivity (Wildman–Crippen MR) is 158 cm³/mol. The topological polar surface area (TPSA) is 68.5 Å². The van der Waals surface area contributed by atoms with Gasteiger partial charge in [-0.25, -0.2) is 4.98 Å². The van der Waals surface area contributed by atoms with Crippen LogP contribution >= 0.6 is 22.9 Å². The van der Waals surface area contributed by atoms with Crippen molar-refractivity contribution >= 4 is 44.7 Å². The van der Waals surface area contributed by atoms with E-state index in [9.17, 15) is 4.79 Å². The van der Waals surface area contributed by atoms with Gasteiger partial charge in [-0.05, 0) is 74.4 Å². The van der Waals surface area contributed by atoms with E-state index in [2.05, 4.69) is 18.0 Å². The quantitative estimate of drug-likeness (QED) is 0.241. The Kier molecular flexibility index (Phi) is 8.20. The maximum atomic E-state index is 14.2. The molecule has 1 saturated carbocycles. The van der Waals surface area contributed by atoms with E-state index < -0.39 is 0 Å². The summed E-state index contributed by atoms with van der Waals surface area (Å²) >= 11 is 8.28. The molecule has 198 valence electrons. The maximum Gasteiger partial charge on any atom is 0.266 e. The van der Waals surface area contributed by atoms with Crippen LogP contribution in [-0.2, 0) is 6.54 Å². The van der Waals surface area contributed by atoms with Crippen molar-refractivity contribution in [1.82, 2.24) is 9.88 Å². The van der Waals surface area contributed by atoms with E-state index in [0.29, 0.717) is 28.9 Å². The number of carbonyl (C=O) groups is 1. The summed E-state index contributed by atoms with van der Waals surface area (Å²) in [7, 11) is 0. The monoisotopic (exact) mass is 547 g/mol. The Labute approximate surface area is 233 Å². The molecule has 1 amide bonds. The van der Waals surface area contributed by atoms with Crippen LogP contribution in [0.1, 0.15) is 61.2 Å². The van der Waals surface area contributed by atoms with Crippen molar-refractivity contribution < 1.29 is 9.53 Å². The van der Waals surface area contributed by atoms with E-state index >= 15 is 0 Å². The fourth-order valence-electron chi connectivity index (χ4n) is 5.45. The largest absolute Gasteiger partial charge is 0.494 e. The highest BCUT2D eigenvalue weighted by Gasteiger charge is 2.32. The number of hydrogen-bond acceptors (Lipinski definition) is 5. The first-order valence-electron chi connectivity index (χ1n) is 13.4. The van der Waals surface area contributed by atoms with Crippen molar-refractivity contribution in [2.45, 2.75) is 58.5 Å². The van der Waals surface area contributed by atoms with Gasteiger partial charge in [0.25, 0.3) is 5.91 Å². The molecule has 0 spiro atoms. The third-order valence-electron chi connectivity index (χ3n) is 7.65. The van der Waals surface area contributed by atoms with Gasteiger partial charge in [-0.3, -0.25) is 4.79 Å². The van der Waals surface area contributed by atoms with Crippen molar-refractivity contribution in [3.05, 3.63) is 76.3 Å². The molecular weight excluding hydrogens is 514 g/mol. The fraction of sp³-hybridized carbons (Fsp3) is 0.355. The summed E-state index contributed by atoms with van der Waals surface area (Å²) in [5.41, 5.74) is 8.77. The van der Waals surface area contributed by atoms with Crippen molar-refractivity contribution in [2.75, 3.05) is 12.3 Å². The number of carbonyl (C=O) groups excluding carboxylic acids is 1. The third kappa shape index (κ3) is 5.52. The molecular formula is C31H34ClN3O2S. The van der Waals surface area contributed by atoms with Gasteiger partial charge >= 0.3 is 0 Å². The van der Waals surface area contributed by atoms with Gasteiger partial charge in [0.2, 0.25) is 0 Å². The van der Waals surface area contributed by atoms with Gasteiger partial charge < -0.3 is 15.4 Å². The van der Waals surface area contributed by atoms with E-state index in [1.165, 1.54) is 17.8 Å². The van der Waals surface area contributed by atoms with Gasteiger partial charge in [0, 0.05) is 40.0 Å². The number of hydrogen-bond donors (Lipinski definition) is 1. The molecule has 2 aromatic heterocycles. The second kappa shape index (κ2) is 11.7. The number of thiophene rings is 1. The first-order chi connectivity index (χ1) is 18.5. The van der Waals surface area contributed by atoms with Crippen LogP contribution in [0.25, 0.3) is 21.2 Å². The molecule has 0 unspecified atom stereocenters. The molecule has 0 saturated heterocycles. The van der Waals surface area contributed by atoms with Gasteiger partial charge in [-0.15, -0.1) is 11.3 Å². The number of amides is 1. The van der Waals surface area contributed by atoms with Gasteiger partial charge in [0.15, 0.2) is 0 Å². The Bertz CT molecular complexity index is 1410. The number of aromatic nitrogens is 1. The summed E-state index contributed by atoms with van der Waals surface area (Å²) in [6, 6.07) is 18.0. The van der Waals surface area contributed by atoms with E-state index in [-0.39, 0.29) is 11.9 Å². The molecule has 2 heterocycles. The number of benzene rings is 2. The number of pyridine rings is 1. The smallest absolute Gasteiger partial charge is 0.266 e. The molecule has 2 N–H and O–H groups in total. The molecule has 1 aliphatic carbocycles. The summed E-state index contributed by atoms with van der Waals surface area (Å²) < 4.78 is 7.06. The molecule has 5 nitrogen and oxygen atoms in total. The Morgan fingerprint density at radius 3 is 2.53 bits per heavy atom. The Morgan fingerprint density at radius 2 is 1.84 bits per heavy atom. The standard InChI is InChI=1S/C31H34ClN3O2S/c1-3-20-9-13-24(14-10-20)35(31(36)30-29(32)25-7-5-6-8-27(25)38-30)19-23-17-21(11-15-26(23)37-4-2)22-12-16-28(33)34-18-22/h5-8,11-12,15-18,20,24H,3-4,9-10,13-14,19H2,1-2H3,(H2,33,34)/t20-,24-. The number of rotatable bonds is 8. The molecule has 2 aromatic carbocycles. The summed E-state index contributed by atoms with van der Waals surface area (Å²) in [4.78, 5) is 21.2. The van der Waals surface area contributed by atoms with Crippen molar-refractivity contribution in [1.29, 1.82) is 0 Å². The van der Waals surface area contributed by atoms with E-state index in [4.69, 9.17) is 22.1 Å². The SMILES string of the molecule is CCOc1ccc(-c2ccc(N)nc2)cc1CN(C(=O)c1sc2ccccc2c1Cl)[C@H]1CC[C@H](CC)CC1. The number of anilines is 1. The van der Waals surface area contributed by atoms with Gasteiger partial charge in [-0.1, -0.05) is 49.2 Å². The van der Waals surface area contributed by atoms with E-state index in [0.717, 1.165) is 64.1 Å². The summed E-state index contributed by atoms with van der Waals surface area (Å²) in [5.74, 6) is 2.01. The van der Waals surface area contributed by atoms with Gasteiger partial charge in [0.05, 0.1) is 11.6 Å². The lowest BCUT2D eigenvalue weighted by Gasteiger charge is -2.37. The van der Waals surface area contributed by atoms with Crippen LogP contribution in [0.5, 0.6) is 5.75 Å². The molecule has 0 radical (unpaired) electrons. The van der Waals surface area contributed by atoms with E-state index in [1.807, 2.05) is 54.3 Å². The predicted octanol–water partition coefficient (Wildman–Crippen LogP) is 8.21. The second-order valence-electron chi connectivity index (χ2n) is 9.98. The van der Waals surface area contributed by atoms with Crippen molar-refractivity contribution in [3.63, 3.8) is 0 Å². The minimum atomic E-state index is -0.00171. The second-order valence-corrected chi connectivity index (χ2v) is 11.4. The lowest BCUT2D eigenvalue weighted by atomic mass is 9.83. The lowest BCUT2D eigenvalue weighted by Crippen LogP contribution is -2.41. The maximum absolute atomic E-state index is 14.2. The van der Waals surface area contributed by atoms with Crippen LogP contribution in [0.15, 0.2) is 60.8 Å². The van der Waals surface area contributed by atoms with Crippen LogP contribution in [0, 0.1) is 5.92 Å². The molecule has 7 heteroatoms. The average molecular weight is 548 g/mol. The Morgan fingerprint density at radius 1 is 1.08 bits per heavy atom. The molecule has 1 aliphatic rings. The molecule has 0 atom stereocenters. The summed E-state index contributed by atoms with van der Waals surface area (Å²) in [6.07, 6.45) is 7.24. The van der Waals surface area contributed by atoms with Crippen LogP contribution in [0.3, 0.4) is 0 Å². The Balaban J connectivity index is 1.53. The molecule has 4 aromatic rings.